The summed E-state index contributed by atoms with van der Waals surface area (Å²) in [5, 5.41) is 0. The average molecular weight is 263 g/mol. The minimum Gasteiger partial charge on any atom is -0.497 e. The van der Waals surface area contributed by atoms with E-state index in [1.807, 2.05) is 0 Å². The van der Waals surface area contributed by atoms with Crippen molar-refractivity contribution in [1.29, 1.82) is 0 Å². The summed E-state index contributed by atoms with van der Waals surface area (Å²) >= 11 is 0. The summed E-state index contributed by atoms with van der Waals surface area (Å²) in [6, 6.07) is 5.29. The van der Waals surface area contributed by atoms with Crippen LogP contribution in [0.2, 0.25) is 0 Å². The van der Waals surface area contributed by atoms with Gasteiger partial charge in [-0.1, -0.05) is 0 Å². The number of hydrogen-bond acceptors (Lipinski definition) is 5. The SMILES string of the molecule is COc1cc(Cn2cnc(=O)[nH]c2=O)cc(OC)c1. The van der Waals surface area contributed by atoms with Crippen molar-refractivity contribution in [2.45, 2.75) is 6.54 Å². The van der Waals surface area contributed by atoms with Crippen molar-refractivity contribution in [2.24, 2.45) is 0 Å². The highest BCUT2D eigenvalue weighted by molar-refractivity contribution is 5.38. The van der Waals surface area contributed by atoms with Gasteiger partial charge in [-0.25, -0.2) is 9.59 Å². The number of benzene rings is 1. The van der Waals surface area contributed by atoms with Gasteiger partial charge in [0.25, 0.3) is 0 Å². The van der Waals surface area contributed by atoms with Gasteiger partial charge in [-0.05, 0) is 17.7 Å². The molecule has 0 fully saturated rings. The summed E-state index contributed by atoms with van der Waals surface area (Å²) in [6.45, 7) is 0.260. The van der Waals surface area contributed by atoms with Crippen LogP contribution in [0.4, 0.5) is 0 Å². The maximum Gasteiger partial charge on any atom is 0.350 e. The molecule has 1 aromatic carbocycles. The first kappa shape index (κ1) is 12.9. The summed E-state index contributed by atoms with van der Waals surface area (Å²) in [5.74, 6) is 1.25. The lowest BCUT2D eigenvalue weighted by atomic mass is 10.2. The molecule has 7 heteroatoms. The van der Waals surface area contributed by atoms with E-state index in [1.54, 1.807) is 32.4 Å². The van der Waals surface area contributed by atoms with Gasteiger partial charge in [-0.15, -0.1) is 0 Å². The van der Waals surface area contributed by atoms with Crippen molar-refractivity contribution in [1.82, 2.24) is 14.5 Å². The zero-order valence-electron chi connectivity index (χ0n) is 10.5. The maximum atomic E-state index is 11.6. The highest BCUT2D eigenvalue weighted by Crippen LogP contribution is 2.22. The number of methoxy groups -OCH3 is 2. The lowest BCUT2D eigenvalue weighted by Crippen LogP contribution is -2.31. The molecule has 1 aromatic heterocycles. The first-order chi connectivity index (χ1) is 9.12. The fourth-order valence-corrected chi connectivity index (χ4v) is 1.64. The summed E-state index contributed by atoms with van der Waals surface area (Å²) in [6.07, 6.45) is 1.20. The standard InChI is InChI=1S/C12H13N3O4/c1-18-9-3-8(4-10(5-9)19-2)6-15-7-13-11(16)14-12(15)17/h3-5,7H,6H2,1-2H3,(H,14,16,17). The van der Waals surface area contributed by atoms with Crippen LogP contribution in [0.5, 0.6) is 11.5 Å². The van der Waals surface area contributed by atoms with E-state index in [0.717, 1.165) is 5.56 Å². The average Bonchev–Trinajstić information content (AvgIpc) is 2.41. The molecule has 19 heavy (non-hydrogen) atoms. The molecule has 0 aliphatic carbocycles. The van der Waals surface area contributed by atoms with Crippen LogP contribution in [0.1, 0.15) is 5.56 Å². The second-order valence-electron chi connectivity index (χ2n) is 3.83. The van der Waals surface area contributed by atoms with Crippen molar-refractivity contribution >= 4 is 0 Å². The normalized spacial score (nSPS) is 10.2. The van der Waals surface area contributed by atoms with Gasteiger partial charge in [-0.3, -0.25) is 9.55 Å². The van der Waals surface area contributed by atoms with Crippen molar-refractivity contribution in [3.05, 3.63) is 51.1 Å². The zero-order valence-corrected chi connectivity index (χ0v) is 10.5. The van der Waals surface area contributed by atoms with Crippen LogP contribution in [0.25, 0.3) is 0 Å². The molecule has 2 aromatic rings. The van der Waals surface area contributed by atoms with Gasteiger partial charge in [-0.2, -0.15) is 4.98 Å². The topological polar surface area (TPSA) is 86.2 Å². The summed E-state index contributed by atoms with van der Waals surface area (Å²) < 4.78 is 11.6. The lowest BCUT2D eigenvalue weighted by molar-refractivity contribution is 0.393. The zero-order chi connectivity index (χ0) is 13.8. The molecule has 0 bridgehead atoms. The van der Waals surface area contributed by atoms with Crippen molar-refractivity contribution < 1.29 is 9.47 Å². The van der Waals surface area contributed by atoms with E-state index in [0.29, 0.717) is 11.5 Å². The minimum atomic E-state index is -0.663. The van der Waals surface area contributed by atoms with Crippen molar-refractivity contribution in [3.8, 4) is 11.5 Å². The van der Waals surface area contributed by atoms with Crippen LogP contribution in [0, 0.1) is 0 Å². The van der Waals surface area contributed by atoms with Crippen LogP contribution in [-0.2, 0) is 6.54 Å². The number of H-pyrrole nitrogens is 1. The molecule has 7 nitrogen and oxygen atoms in total. The predicted molar refractivity (Wildman–Crippen MR) is 67.8 cm³/mol. The van der Waals surface area contributed by atoms with Crippen molar-refractivity contribution in [2.75, 3.05) is 14.2 Å². The molecule has 0 radical (unpaired) electrons. The number of hydrogen-bond donors (Lipinski definition) is 1. The number of nitrogens with one attached hydrogen (secondary N) is 1. The second-order valence-corrected chi connectivity index (χ2v) is 3.83. The van der Waals surface area contributed by atoms with E-state index < -0.39 is 11.4 Å². The summed E-state index contributed by atoms with van der Waals surface area (Å²) in [7, 11) is 3.10. The van der Waals surface area contributed by atoms with Gasteiger partial charge >= 0.3 is 11.4 Å². The number of rotatable bonds is 4. The van der Waals surface area contributed by atoms with Crippen molar-refractivity contribution in [3.63, 3.8) is 0 Å². The highest BCUT2D eigenvalue weighted by Gasteiger charge is 2.04. The molecule has 0 amide bonds. The van der Waals surface area contributed by atoms with Crippen LogP contribution in [0.15, 0.2) is 34.1 Å². The number of aromatic amines is 1. The van der Waals surface area contributed by atoms with E-state index in [-0.39, 0.29) is 6.54 Å². The quantitative estimate of drug-likeness (QED) is 0.839. The fourth-order valence-electron chi connectivity index (χ4n) is 1.64. The molecule has 0 unspecified atom stereocenters. The Morgan fingerprint density at radius 3 is 2.32 bits per heavy atom. The van der Waals surface area contributed by atoms with Crippen LogP contribution >= 0.6 is 0 Å². The van der Waals surface area contributed by atoms with Gasteiger partial charge in [0.2, 0.25) is 0 Å². The monoisotopic (exact) mass is 263 g/mol. The Labute approximate surface area is 108 Å². The number of ether oxygens (including phenoxy) is 2. The predicted octanol–water partition coefficient (Wildman–Crippen LogP) is -0.00290. The van der Waals surface area contributed by atoms with E-state index in [2.05, 4.69) is 9.97 Å². The third-order valence-electron chi connectivity index (χ3n) is 2.55. The van der Waals surface area contributed by atoms with Gasteiger partial charge in [0.1, 0.15) is 17.8 Å². The smallest absolute Gasteiger partial charge is 0.350 e. The molecule has 100 valence electrons. The maximum absolute atomic E-state index is 11.6. The molecule has 0 spiro atoms. The Balaban J connectivity index is 2.37. The van der Waals surface area contributed by atoms with Gasteiger partial charge < -0.3 is 9.47 Å². The van der Waals surface area contributed by atoms with E-state index >= 15 is 0 Å². The van der Waals surface area contributed by atoms with E-state index in [1.165, 1.54) is 10.9 Å². The fraction of sp³-hybridized carbons (Fsp3) is 0.250. The third kappa shape index (κ3) is 3.01. The molecule has 1 heterocycles. The summed E-state index contributed by atoms with van der Waals surface area (Å²) in [5.41, 5.74) is -0.376. The number of aromatic nitrogens is 3. The molecule has 1 N–H and O–H groups in total. The lowest BCUT2D eigenvalue weighted by Gasteiger charge is -2.09. The molecule has 0 atom stereocenters. The summed E-state index contributed by atoms with van der Waals surface area (Å²) in [4.78, 5) is 28.0. The molecule has 0 saturated carbocycles. The van der Waals surface area contributed by atoms with Crippen LogP contribution < -0.4 is 20.9 Å². The van der Waals surface area contributed by atoms with E-state index in [4.69, 9.17) is 9.47 Å². The Bertz CT molecular complexity index is 668. The molecular weight excluding hydrogens is 250 g/mol. The second kappa shape index (κ2) is 5.38. The Hall–Kier alpha value is -2.57. The van der Waals surface area contributed by atoms with E-state index in [9.17, 15) is 9.59 Å². The molecular formula is C12H13N3O4. The number of nitrogens with zero attached hydrogens (tertiary/aromatic N) is 2. The highest BCUT2D eigenvalue weighted by atomic mass is 16.5. The Kier molecular flexibility index (Phi) is 3.65. The third-order valence-corrected chi connectivity index (χ3v) is 2.55. The van der Waals surface area contributed by atoms with Crippen LogP contribution in [-0.4, -0.2) is 28.8 Å². The molecule has 2 rings (SSSR count). The first-order valence-corrected chi connectivity index (χ1v) is 5.50. The van der Waals surface area contributed by atoms with Gasteiger partial charge in [0, 0.05) is 6.07 Å². The minimum absolute atomic E-state index is 0.260. The van der Waals surface area contributed by atoms with Gasteiger partial charge in [0.15, 0.2) is 0 Å². The molecule has 0 saturated heterocycles. The first-order valence-electron chi connectivity index (χ1n) is 5.50. The van der Waals surface area contributed by atoms with Crippen LogP contribution in [0.3, 0.4) is 0 Å². The van der Waals surface area contributed by atoms with Gasteiger partial charge in [0.05, 0.1) is 20.8 Å². The Morgan fingerprint density at radius 2 is 1.79 bits per heavy atom. The Morgan fingerprint density at radius 1 is 1.16 bits per heavy atom. The largest absolute Gasteiger partial charge is 0.497 e. The molecule has 0 aliphatic heterocycles. The molecule has 0 aliphatic rings.